The first kappa shape index (κ1) is 37.3. The van der Waals surface area contributed by atoms with Gasteiger partial charge in [0.05, 0.1) is 19.3 Å². The monoisotopic (exact) mass is 631 g/mol. The molecule has 2 heterocycles. The van der Waals surface area contributed by atoms with Crippen molar-refractivity contribution < 1.29 is 54.2 Å². The van der Waals surface area contributed by atoms with Gasteiger partial charge in [0.2, 0.25) is 23.6 Å². The Hall–Kier alpha value is -2.89. The number of aliphatic hydroxyl groups excluding tert-OH is 4. The van der Waals surface area contributed by atoms with Crippen molar-refractivity contribution >= 4 is 29.6 Å². The fraction of sp³-hybridized carbons (Fsp3) is 0.821. The van der Waals surface area contributed by atoms with Gasteiger partial charge in [-0.1, -0.05) is 27.7 Å². The molecular formula is C28H49N5O11. The van der Waals surface area contributed by atoms with E-state index in [2.05, 4.69) is 21.3 Å². The van der Waals surface area contributed by atoms with Crippen molar-refractivity contribution in [2.24, 2.45) is 11.8 Å². The summed E-state index contributed by atoms with van der Waals surface area (Å²) in [4.78, 5) is 65.3. The summed E-state index contributed by atoms with van der Waals surface area (Å²) in [6.07, 6.45) is -3.04. The van der Waals surface area contributed by atoms with Crippen LogP contribution in [-0.4, -0.2) is 134 Å². The maximum Gasteiger partial charge on any atom is 0.325 e. The summed E-state index contributed by atoms with van der Waals surface area (Å²) < 4.78 is 5.62. The average molecular weight is 632 g/mol. The molecule has 252 valence electrons. The fourth-order valence-corrected chi connectivity index (χ4v) is 5.39. The van der Waals surface area contributed by atoms with Crippen LogP contribution in [0.3, 0.4) is 0 Å². The van der Waals surface area contributed by atoms with Crippen molar-refractivity contribution in [1.82, 2.24) is 26.2 Å². The van der Waals surface area contributed by atoms with Crippen molar-refractivity contribution in [2.75, 3.05) is 19.8 Å². The summed E-state index contributed by atoms with van der Waals surface area (Å²) in [5.41, 5.74) is -1.59. The van der Waals surface area contributed by atoms with Crippen LogP contribution in [0.4, 0.5) is 0 Å². The maximum absolute atomic E-state index is 13.5. The van der Waals surface area contributed by atoms with Crippen molar-refractivity contribution in [2.45, 2.75) is 115 Å². The molecule has 9 atom stereocenters. The van der Waals surface area contributed by atoms with E-state index in [9.17, 15) is 44.4 Å². The average Bonchev–Trinajstić information content (AvgIpc) is 3.53. The molecule has 2 aliphatic rings. The lowest BCUT2D eigenvalue weighted by Gasteiger charge is -2.35. The molecule has 2 saturated heterocycles. The van der Waals surface area contributed by atoms with Crippen molar-refractivity contribution in [3.05, 3.63) is 0 Å². The first-order chi connectivity index (χ1) is 20.5. The molecule has 4 amide bonds. The standard InChI is InChI=1S/C28H49N5O11/c1-13(2)10-16(30-25(40)20(14(3)4)32-28(6)22(37)21(36)19(12-35)44-28)23(38)31-17(11-34)26(41)33-9-7-8-18(33)24(39)29-15(5)27(42)43/h13-22,32,34-37H,7-12H2,1-6H3,(H,29,39)(H,30,40)(H,31,38)(H,42,43)/t15-,16-,17-,18-,19+,20-,21+,22-,28?/m0/s1. The molecule has 2 aliphatic heterocycles. The van der Waals surface area contributed by atoms with Gasteiger partial charge in [0.15, 0.2) is 0 Å². The largest absolute Gasteiger partial charge is 0.480 e. The Morgan fingerprint density at radius 1 is 0.955 bits per heavy atom. The SMILES string of the molecule is CC(C)C[C@H](NC(=O)[C@@H](NC1(C)O[C@H](CO)[C@@H](O)[C@@H]1O)C(C)C)C(=O)N[C@@H](CO)C(=O)N1CCC[C@H]1C(=O)N[C@@H](C)C(=O)O. The predicted molar refractivity (Wildman–Crippen MR) is 155 cm³/mol. The Labute approximate surface area is 256 Å². The van der Waals surface area contributed by atoms with Crippen LogP contribution in [0.5, 0.6) is 0 Å². The van der Waals surface area contributed by atoms with Gasteiger partial charge in [0.25, 0.3) is 0 Å². The highest BCUT2D eigenvalue weighted by Gasteiger charge is 2.52. The van der Waals surface area contributed by atoms with E-state index < -0.39 is 97.1 Å². The number of hydrogen-bond acceptors (Lipinski definition) is 11. The number of rotatable bonds is 15. The van der Waals surface area contributed by atoms with Crippen LogP contribution < -0.4 is 21.3 Å². The minimum Gasteiger partial charge on any atom is -0.480 e. The third-order valence-electron chi connectivity index (χ3n) is 7.94. The summed E-state index contributed by atoms with van der Waals surface area (Å²) >= 11 is 0. The number of carboxylic acids is 1. The molecule has 0 radical (unpaired) electrons. The second-order valence-corrected chi connectivity index (χ2v) is 12.4. The number of nitrogens with one attached hydrogen (secondary N) is 4. The number of carboxylic acid groups (broad SMARTS) is 1. The smallest absolute Gasteiger partial charge is 0.325 e. The summed E-state index contributed by atoms with van der Waals surface area (Å²) in [6.45, 7) is 8.63. The lowest BCUT2D eigenvalue weighted by atomic mass is 9.97. The van der Waals surface area contributed by atoms with Crippen LogP contribution >= 0.6 is 0 Å². The summed E-state index contributed by atoms with van der Waals surface area (Å²) in [6, 6.07) is -5.74. The molecule has 2 fully saturated rings. The van der Waals surface area contributed by atoms with E-state index in [4.69, 9.17) is 9.84 Å². The van der Waals surface area contributed by atoms with Crippen LogP contribution in [0.25, 0.3) is 0 Å². The molecule has 2 rings (SSSR count). The van der Waals surface area contributed by atoms with Gasteiger partial charge < -0.3 is 51.1 Å². The molecule has 0 bridgehead atoms. The van der Waals surface area contributed by atoms with Gasteiger partial charge in [0.1, 0.15) is 48.2 Å². The highest BCUT2D eigenvalue weighted by Crippen LogP contribution is 2.30. The maximum atomic E-state index is 13.5. The summed E-state index contributed by atoms with van der Waals surface area (Å²) in [5.74, 6) is -4.47. The zero-order valence-electron chi connectivity index (χ0n) is 26.1. The number of hydrogen-bond donors (Lipinski definition) is 9. The fourth-order valence-electron chi connectivity index (χ4n) is 5.39. The predicted octanol–water partition coefficient (Wildman–Crippen LogP) is -2.98. The van der Waals surface area contributed by atoms with E-state index in [0.717, 1.165) is 0 Å². The van der Waals surface area contributed by atoms with Gasteiger partial charge in [-0.3, -0.25) is 29.3 Å². The number of carbonyl (C=O) groups is 5. The number of amides is 4. The third-order valence-corrected chi connectivity index (χ3v) is 7.94. The number of ether oxygens (including phenoxy) is 1. The summed E-state index contributed by atoms with van der Waals surface area (Å²) in [5, 5.41) is 59.8. The highest BCUT2D eigenvalue weighted by molar-refractivity contribution is 5.95. The number of likely N-dealkylation sites (tertiary alicyclic amines) is 1. The Balaban J connectivity index is 2.17. The van der Waals surface area contributed by atoms with Crippen LogP contribution in [0, 0.1) is 11.8 Å². The molecular weight excluding hydrogens is 582 g/mol. The number of nitrogens with zero attached hydrogens (tertiary/aromatic N) is 1. The molecule has 9 N–H and O–H groups in total. The van der Waals surface area contributed by atoms with Gasteiger partial charge in [-0.15, -0.1) is 0 Å². The molecule has 0 aromatic heterocycles. The zero-order chi connectivity index (χ0) is 33.5. The number of aliphatic hydroxyl groups is 4. The molecule has 0 spiro atoms. The second-order valence-electron chi connectivity index (χ2n) is 12.4. The van der Waals surface area contributed by atoms with Gasteiger partial charge >= 0.3 is 5.97 Å². The van der Waals surface area contributed by atoms with Crippen molar-refractivity contribution in [3.63, 3.8) is 0 Å². The van der Waals surface area contributed by atoms with Crippen LogP contribution in [0.15, 0.2) is 0 Å². The Morgan fingerprint density at radius 3 is 2.07 bits per heavy atom. The first-order valence-corrected chi connectivity index (χ1v) is 14.9. The molecule has 0 aliphatic carbocycles. The Morgan fingerprint density at radius 2 is 1.57 bits per heavy atom. The van der Waals surface area contributed by atoms with Gasteiger partial charge in [0, 0.05) is 6.54 Å². The molecule has 16 nitrogen and oxygen atoms in total. The van der Waals surface area contributed by atoms with Crippen LogP contribution in [0.2, 0.25) is 0 Å². The third kappa shape index (κ3) is 9.08. The number of aliphatic carboxylic acids is 1. The first-order valence-electron chi connectivity index (χ1n) is 14.9. The molecule has 0 aromatic rings. The quantitative estimate of drug-likeness (QED) is 0.0879. The normalized spacial score (nSPS) is 28.0. The van der Waals surface area contributed by atoms with E-state index >= 15 is 0 Å². The molecule has 44 heavy (non-hydrogen) atoms. The van der Waals surface area contributed by atoms with Gasteiger partial charge in [-0.25, -0.2) is 0 Å². The lowest BCUT2D eigenvalue weighted by molar-refractivity contribution is -0.145. The van der Waals surface area contributed by atoms with E-state index in [1.807, 2.05) is 13.8 Å². The molecule has 1 unspecified atom stereocenters. The topological polar surface area (TPSA) is 247 Å². The Bertz CT molecular complexity index is 1040. The van der Waals surface area contributed by atoms with E-state index in [0.29, 0.717) is 6.42 Å². The van der Waals surface area contributed by atoms with Crippen molar-refractivity contribution in [3.8, 4) is 0 Å². The van der Waals surface area contributed by atoms with Crippen LogP contribution in [0.1, 0.15) is 60.8 Å². The molecule has 16 heteroatoms. The molecule has 0 saturated carbocycles. The minimum atomic E-state index is -1.59. The summed E-state index contributed by atoms with van der Waals surface area (Å²) in [7, 11) is 0. The van der Waals surface area contributed by atoms with Gasteiger partial charge in [-0.05, 0) is 44.9 Å². The van der Waals surface area contributed by atoms with Crippen molar-refractivity contribution in [1.29, 1.82) is 0 Å². The Kier molecular flexibility index (Phi) is 13.5. The van der Waals surface area contributed by atoms with Crippen LogP contribution in [-0.2, 0) is 28.7 Å². The highest BCUT2D eigenvalue weighted by atomic mass is 16.6. The zero-order valence-corrected chi connectivity index (χ0v) is 26.1. The molecule has 0 aromatic carbocycles. The second kappa shape index (κ2) is 15.9. The van der Waals surface area contributed by atoms with Gasteiger partial charge in [-0.2, -0.15) is 0 Å². The lowest BCUT2D eigenvalue weighted by Crippen LogP contribution is -2.63. The van der Waals surface area contributed by atoms with E-state index in [1.165, 1.54) is 18.7 Å². The number of carbonyl (C=O) groups excluding carboxylic acids is 4. The van der Waals surface area contributed by atoms with E-state index in [-0.39, 0.29) is 31.2 Å². The van der Waals surface area contributed by atoms with E-state index in [1.54, 1.807) is 13.8 Å². The minimum absolute atomic E-state index is 0.0827.